The van der Waals surface area contributed by atoms with Crippen LogP contribution in [0.5, 0.6) is 5.75 Å². The maximum atomic E-state index is 12.2. The normalized spacial score (nSPS) is 16.3. The van der Waals surface area contributed by atoms with Gasteiger partial charge in [0.2, 0.25) is 0 Å². The van der Waals surface area contributed by atoms with Crippen molar-refractivity contribution in [3.63, 3.8) is 0 Å². The highest BCUT2D eigenvalue weighted by molar-refractivity contribution is 6.30. The van der Waals surface area contributed by atoms with Crippen molar-refractivity contribution in [1.29, 1.82) is 0 Å². The van der Waals surface area contributed by atoms with Gasteiger partial charge in [-0.2, -0.15) is 13.2 Å². The van der Waals surface area contributed by atoms with Gasteiger partial charge >= 0.3 is 6.18 Å². The van der Waals surface area contributed by atoms with E-state index in [1.165, 1.54) is 0 Å². The lowest BCUT2D eigenvalue weighted by atomic mass is 9.99. The molecular formula is C12H13ClF3NO. The number of nitrogens with two attached hydrogens (primary N) is 1. The van der Waals surface area contributed by atoms with Crippen molar-refractivity contribution in [2.45, 2.75) is 31.5 Å². The molecule has 1 aliphatic heterocycles. The molecule has 18 heavy (non-hydrogen) atoms. The summed E-state index contributed by atoms with van der Waals surface area (Å²) in [6.45, 7) is 0.522. The smallest absolute Gasteiger partial charge is 0.389 e. The predicted octanol–water partition coefficient (Wildman–Crippen LogP) is 3.62. The van der Waals surface area contributed by atoms with Crippen molar-refractivity contribution >= 4 is 11.6 Å². The van der Waals surface area contributed by atoms with E-state index in [9.17, 15) is 13.2 Å². The minimum atomic E-state index is -4.19. The number of fused-ring (bicyclic) bond motifs is 1. The summed E-state index contributed by atoms with van der Waals surface area (Å²) < 4.78 is 41.9. The van der Waals surface area contributed by atoms with Crippen LogP contribution in [0.3, 0.4) is 0 Å². The van der Waals surface area contributed by atoms with Crippen LogP contribution in [0.25, 0.3) is 0 Å². The zero-order chi connectivity index (χ0) is 13.3. The van der Waals surface area contributed by atoms with E-state index in [0.717, 1.165) is 12.0 Å². The highest BCUT2D eigenvalue weighted by Crippen LogP contribution is 2.37. The quantitative estimate of drug-likeness (QED) is 0.917. The van der Waals surface area contributed by atoms with Crippen molar-refractivity contribution in [1.82, 2.24) is 0 Å². The lowest BCUT2D eigenvalue weighted by molar-refractivity contribution is -0.136. The van der Waals surface area contributed by atoms with Crippen LogP contribution in [0.1, 0.15) is 30.0 Å². The molecule has 0 saturated carbocycles. The van der Waals surface area contributed by atoms with Gasteiger partial charge in [0, 0.05) is 29.5 Å². The van der Waals surface area contributed by atoms with Gasteiger partial charge in [0.25, 0.3) is 0 Å². The number of halogens is 4. The Hall–Kier alpha value is -0.940. The van der Waals surface area contributed by atoms with E-state index in [1.54, 1.807) is 12.1 Å². The molecule has 0 spiro atoms. The predicted molar refractivity (Wildman–Crippen MR) is 62.9 cm³/mol. The molecule has 0 bridgehead atoms. The lowest BCUT2D eigenvalue weighted by Gasteiger charge is -2.17. The first-order valence-electron chi connectivity index (χ1n) is 5.64. The van der Waals surface area contributed by atoms with E-state index >= 15 is 0 Å². The Bertz CT molecular complexity index is 448. The van der Waals surface area contributed by atoms with E-state index in [2.05, 4.69) is 0 Å². The van der Waals surface area contributed by atoms with E-state index in [-0.39, 0.29) is 6.42 Å². The Balaban J connectivity index is 2.18. The van der Waals surface area contributed by atoms with Crippen LogP contribution in [0.2, 0.25) is 5.02 Å². The summed E-state index contributed by atoms with van der Waals surface area (Å²) in [6, 6.07) is 2.65. The molecule has 1 unspecified atom stereocenters. The van der Waals surface area contributed by atoms with E-state index < -0.39 is 18.6 Å². The van der Waals surface area contributed by atoms with E-state index in [1.807, 2.05) is 0 Å². The summed E-state index contributed by atoms with van der Waals surface area (Å²) >= 11 is 5.93. The van der Waals surface area contributed by atoms with Crippen LogP contribution in [-0.4, -0.2) is 12.8 Å². The zero-order valence-corrected chi connectivity index (χ0v) is 10.3. The van der Waals surface area contributed by atoms with Crippen LogP contribution in [0.15, 0.2) is 12.1 Å². The second-order valence-electron chi connectivity index (χ2n) is 4.34. The number of hydrogen-bond donors (Lipinski definition) is 1. The summed E-state index contributed by atoms with van der Waals surface area (Å²) in [5.41, 5.74) is 7.29. The van der Waals surface area contributed by atoms with E-state index in [0.29, 0.717) is 22.9 Å². The molecule has 100 valence electrons. The first kappa shape index (κ1) is 13.5. The maximum absolute atomic E-state index is 12.2. The number of ether oxygens (including phenoxy) is 1. The Morgan fingerprint density at radius 2 is 2.11 bits per heavy atom. The standard InChI is InChI=1S/C12H13ClF3NO/c13-8-5-7-2-4-18-11(7)9(6-8)10(17)1-3-12(14,15)16/h5-6,10H,1-4,17H2. The Morgan fingerprint density at radius 3 is 2.78 bits per heavy atom. The molecule has 0 fully saturated rings. The molecule has 1 atom stereocenters. The highest BCUT2D eigenvalue weighted by atomic mass is 35.5. The van der Waals surface area contributed by atoms with Crippen LogP contribution in [0, 0.1) is 0 Å². The average molecular weight is 280 g/mol. The van der Waals surface area contributed by atoms with Crippen molar-refractivity contribution in [2.75, 3.05) is 6.61 Å². The molecule has 2 nitrogen and oxygen atoms in total. The molecule has 0 saturated heterocycles. The molecule has 1 aromatic carbocycles. The van der Waals surface area contributed by atoms with E-state index in [4.69, 9.17) is 22.1 Å². The van der Waals surface area contributed by atoms with Gasteiger partial charge < -0.3 is 10.5 Å². The Labute approximate surface area is 108 Å². The lowest BCUT2D eigenvalue weighted by Crippen LogP contribution is -2.16. The Morgan fingerprint density at radius 1 is 1.39 bits per heavy atom. The maximum Gasteiger partial charge on any atom is 0.389 e. The number of alkyl halides is 3. The van der Waals surface area contributed by atoms with Crippen molar-refractivity contribution in [3.8, 4) is 5.75 Å². The van der Waals surface area contributed by atoms with Gasteiger partial charge in [0.15, 0.2) is 0 Å². The molecule has 0 radical (unpaired) electrons. The van der Waals surface area contributed by atoms with Gasteiger partial charge in [0.05, 0.1) is 6.61 Å². The van der Waals surface area contributed by atoms with Gasteiger partial charge in [-0.15, -0.1) is 0 Å². The van der Waals surface area contributed by atoms with Gasteiger partial charge in [-0.1, -0.05) is 11.6 Å². The average Bonchev–Trinajstić information content (AvgIpc) is 2.71. The van der Waals surface area contributed by atoms with Crippen LogP contribution >= 0.6 is 11.6 Å². The minimum absolute atomic E-state index is 0.167. The summed E-state index contributed by atoms with van der Waals surface area (Å²) in [4.78, 5) is 0. The number of benzene rings is 1. The third-order valence-corrected chi connectivity index (χ3v) is 3.13. The van der Waals surface area contributed by atoms with Gasteiger partial charge in [0.1, 0.15) is 5.75 Å². The topological polar surface area (TPSA) is 35.2 Å². The summed E-state index contributed by atoms with van der Waals surface area (Å²) in [7, 11) is 0. The largest absolute Gasteiger partial charge is 0.493 e. The first-order valence-corrected chi connectivity index (χ1v) is 6.02. The Kier molecular flexibility index (Phi) is 3.73. The van der Waals surface area contributed by atoms with Gasteiger partial charge in [-0.25, -0.2) is 0 Å². The van der Waals surface area contributed by atoms with Crippen LogP contribution < -0.4 is 10.5 Å². The van der Waals surface area contributed by atoms with Crippen LogP contribution in [-0.2, 0) is 6.42 Å². The molecule has 2 rings (SSSR count). The number of rotatable bonds is 3. The van der Waals surface area contributed by atoms with Crippen molar-refractivity contribution in [2.24, 2.45) is 5.73 Å². The van der Waals surface area contributed by atoms with Crippen molar-refractivity contribution in [3.05, 3.63) is 28.3 Å². The van der Waals surface area contributed by atoms with Crippen LogP contribution in [0.4, 0.5) is 13.2 Å². The summed E-state index contributed by atoms with van der Waals surface area (Å²) in [6.07, 6.45) is -4.55. The molecule has 6 heteroatoms. The second kappa shape index (κ2) is 4.97. The summed E-state index contributed by atoms with van der Waals surface area (Å²) in [5, 5.41) is 0.483. The molecule has 0 aliphatic carbocycles. The minimum Gasteiger partial charge on any atom is -0.493 e. The molecule has 1 aromatic rings. The molecule has 1 aliphatic rings. The van der Waals surface area contributed by atoms with Crippen molar-refractivity contribution < 1.29 is 17.9 Å². The molecule has 0 amide bonds. The highest BCUT2D eigenvalue weighted by Gasteiger charge is 2.29. The molecule has 0 aromatic heterocycles. The van der Waals surface area contributed by atoms with Gasteiger partial charge in [-0.05, 0) is 24.1 Å². The molecule has 1 heterocycles. The third kappa shape index (κ3) is 3.09. The SMILES string of the molecule is NC(CCC(F)(F)F)c1cc(Cl)cc2c1OCC2. The fourth-order valence-electron chi connectivity index (χ4n) is 2.05. The first-order chi connectivity index (χ1) is 8.37. The zero-order valence-electron chi connectivity index (χ0n) is 9.56. The molecule has 2 N–H and O–H groups in total. The monoisotopic (exact) mass is 279 g/mol. The fourth-order valence-corrected chi connectivity index (χ4v) is 2.30. The second-order valence-corrected chi connectivity index (χ2v) is 4.78. The van der Waals surface area contributed by atoms with Gasteiger partial charge in [-0.3, -0.25) is 0 Å². The molecular weight excluding hydrogens is 267 g/mol. The summed E-state index contributed by atoms with van der Waals surface area (Å²) in [5.74, 6) is 0.606. The third-order valence-electron chi connectivity index (χ3n) is 2.92. The number of hydrogen-bond acceptors (Lipinski definition) is 2. The fraction of sp³-hybridized carbons (Fsp3) is 0.500.